The summed E-state index contributed by atoms with van der Waals surface area (Å²) in [6, 6.07) is 9.77. The van der Waals surface area contributed by atoms with Gasteiger partial charge in [-0.3, -0.25) is 9.48 Å². The van der Waals surface area contributed by atoms with Crippen molar-refractivity contribution in [1.29, 1.82) is 0 Å². The van der Waals surface area contributed by atoms with Crippen LogP contribution in [0.15, 0.2) is 41.9 Å². The normalized spacial score (nSPS) is 28.2. The zero-order chi connectivity index (χ0) is 21.7. The summed E-state index contributed by atoms with van der Waals surface area (Å²) < 4.78 is 1.85. The lowest BCUT2D eigenvalue weighted by molar-refractivity contribution is -0.0596. The number of thiophene rings is 1. The lowest BCUT2D eigenvalue weighted by atomic mass is 9.49. The molecule has 4 aliphatic carbocycles. The van der Waals surface area contributed by atoms with Gasteiger partial charge >= 0.3 is 0 Å². The number of aryl methyl sites for hydroxylation is 1. The van der Waals surface area contributed by atoms with Gasteiger partial charge in [-0.15, -0.1) is 16.4 Å². The van der Waals surface area contributed by atoms with Gasteiger partial charge in [0, 0.05) is 11.4 Å². The zero-order valence-electron chi connectivity index (χ0n) is 18.2. The molecule has 4 bridgehead atoms. The molecule has 166 valence electrons. The van der Waals surface area contributed by atoms with Crippen molar-refractivity contribution in [3.05, 3.63) is 47.6 Å². The summed E-state index contributed by atoms with van der Waals surface area (Å²) in [7, 11) is 0. The highest BCUT2D eigenvalue weighted by atomic mass is 32.1. The molecule has 4 fully saturated rings. The summed E-state index contributed by atoms with van der Waals surface area (Å²) in [5.74, 6) is 2.58. The van der Waals surface area contributed by atoms with Crippen LogP contribution in [0.25, 0.3) is 10.4 Å². The Bertz CT molecular complexity index is 1100. The Hall–Kier alpha value is -2.67. The van der Waals surface area contributed by atoms with Crippen molar-refractivity contribution in [2.75, 3.05) is 11.1 Å². The van der Waals surface area contributed by atoms with Crippen molar-refractivity contribution in [3.8, 4) is 10.4 Å². The number of benzene rings is 1. The van der Waals surface area contributed by atoms with E-state index in [1.807, 2.05) is 34.3 Å². The lowest BCUT2D eigenvalue weighted by Gasteiger charge is -2.57. The molecule has 1 aromatic carbocycles. The molecule has 2 heterocycles. The number of nitrogen functional groups attached to an aromatic ring is 1. The van der Waals surface area contributed by atoms with Crippen LogP contribution in [0, 0.1) is 23.2 Å². The van der Waals surface area contributed by atoms with Crippen molar-refractivity contribution in [2.24, 2.45) is 23.2 Å². The molecule has 0 aliphatic heterocycles. The Balaban J connectivity index is 1.12. The van der Waals surface area contributed by atoms with Crippen LogP contribution in [-0.4, -0.2) is 20.9 Å². The van der Waals surface area contributed by atoms with Crippen molar-refractivity contribution >= 4 is 28.6 Å². The van der Waals surface area contributed by atoms with Gasteiger partial charge in [0.1, 0.15) is 0 Å². The predicted octanol–water partition coefficient (Wildman–Crippen LogP) is 5.45. The first-order valence-corrected chi connectivity index (χ1v) is 12.6. The highest BCUT2D eigenvalue weighted by molar-refractivity contribution is 7.13. The quantitative estimate of drug-likeness (QED) is 0.492. The van der Waals surface area contributed by atoms with E-state index in [0.29, 0.717) is 22.5 Å². The number of carbonyl (C=O) groups is 1. The summed E-state index contributed by atoms with van der Waals surface area (Å²) >= 11 is 1.66. The molecule has 4 aliphatic rings. The lowest BCUT2D eigenvalue weighted by Crippen LogP contribution is -2.46. The van der Waals surface area contributed by atoms with Crippen LogP contribution >= 0.6 is 11.3 Å². The maximum absolute atomic E-state index is 12.8. The van der Waals surface area contributed by atoms with Crippen LogP contribution in [0.3, 0.4) is 0 Å². The molecule has 0 unspecified atom stereocenters. The Morgan fingerprint density at radius 2 is 1.91 bits per heavy atom. The number of anilines is 2. The Kier molecular flexibility index (Phi) is 4.82. The molecule has 3 N–H and O–H groups in total. The first-order chi connectivity index (χ1) is 15.6. The van der Waals surface area contributed by atoms with Gasteiger partial charge in [-0.2, -0.15) is 0 Å². The van der Waals surface area contributed by atoms with Crippen LogP contribution in [0.4, 0.5) is 11.4 Å². The fraction of sp³-hybridized carbons (Fsp3) is 0.480. The van der Waals surface area contributed by atoms with Gasteiger partial charge in [0.2, 0.25) is 0 Å². The van der Waals surface area contributed by atoms with E-state index in [9.17, 15) is 4.79 Å². The Morgan fingerprint density at radius 3 is 2.59 bits per heavy atom. The number of nitrogens with two attached hydrogens (primary N) is 1. The zero-order valence-corrected chi connectivity index (χ0v) is 19.0. The number of aromatic nitrogens is 3. The second kappa shape index (κ2) is 7.73. The van der Waals surface area contributed by atoms with Gasteiger partial charge in [-0.25, -0.2) is 0 Å². The van der Waals surface area contributed by atoms with Crippen molar-refractivity contribution in [1.82, 2.24) is 15.0 Å². The van der Waals surface area contributed by atoms with Gasteiger partial charge < -0.3 is 11.1 Å². The first-order valence-electron chi connectivity index (χ1n) is 11.7. The SMILES string of the molecule is Nc1ccc(-c2cccs2)cc1NC(=O)c1cn(CCC23CC4CC(CC(C4)C2)C3)nn1. The van der Waals surface area contributed by atoms with Crippen molar-refractivity contribution < 1.29 is 4.79 Å². The number of rotatable bonds is 6. The topological polar surface area (TPSA) is 85.8 Å². The third-order valence-electron chi connectivity index (χ3n) is 7.91. The second-order valence-corrected chi connectivity index (χ2v) is 11.2. The average molecular weight is 448 g/mol. The fourth-order valence-electron chi connectivity index (χ4n) is 6.91. The molecule has 7 rings (SSSR count). The molecule has 0 atom stereocenters. The summed E-state index contributed by atoms with van der Waals surface area (Å²) in [4.78, 5) is 14.0. The third kappa shape index (κ3) is 3.72. The molecule has 0 spiro atoms. The van der Waals surface area contributed by atoms with E-state index in [1.165, 1.54) is 38.5 Å². The van der Waals surface area contributed by atoms with E-state index >= 15 is 0 Å². The summed E-state index contributed by atoms with van der Waals surface area (Å²) in [5.41, 5.74) is 9.11. The van der Waals surface area contributed by atoms with E-state index in [-0.39, 0.29) is 5.91 Å². The minimum Gasteiger partial charge on any atom is -0.397 e. The molecular weight excluding hydrogens is 418 g/mol. The van der Waals surface area contributed by atoms with Crippen molar-refractivity contribution in [3.63, 3.8) is 0 Å². The molecule has 2 aromatic heterocycles. The predicted molar refractivity (Wildman–Crippen MR) is 127 cm³/mol. The van der Waals surface area contributed by atoms with Gasteiger partial charge in [0.05, 0.1) is 17.6 Å². The van der Waals surface area contributed by atoms with E-state index < -0.39 is 0 Å². The first kappa shape index (κ1) is 20.0. The number of amides is 1. The molecule has 7 heteroatoms. The van der Waals surface area contributed by atoms with E-state index in [0.717, 1.165) is 41.2 Å². The monoisotopic (exact) mass is 447 g/mol. The highest BCUT2D eigenvalue weighted by Gasteiger charge is 2.50. The molecular formula is C25H29N5OS. The minimum absolute atomic E-state index is 0.277. The van der Waals surface area contributed by atoms with Crippen LogP contribution in [-0.2, 0) is 6.54 Å². The van der Waals surface area contributed by atoms with E-state index in [2.05, 4.69) is 21.7 Å². The maximum atomic E-state index is 12.8. The Labute approximate surface area is 192 Å². The third-order valence-corrected chi connectivity index (χ3v) is 8.83. The number of hydrogen-bond acceptors (Lipinski definition) is 5. The van der Waals surface area contributed by atoms with E-state index in [1.54, 1.807) is 17.5 Å². The molecule has 0 saturated heterocycles. The molecule has 0 radical (unpaired) electrons. The van der Waals surface area contributed by atoms with Crippen LogP contribution < -0.4 is 11.1 Å². The van der Waals surface area contributed by atoms with Gasteiger partial charge in [0.15, 0.2) is 5.69 Å². The largest absolute Gasteiger partial charge is 0.397 e. The number of carbonyl (C=O) groups excluding carboxylic acids is 1. The smallest absolute Gasteiger partial charge is 0.277 e. The highest BCUT2D eigenvalue weighted by Crippen LogP contribution is 2.61. The average Bonchev–Trinajstić information content (AvgIpc) is 3.45. The molecule has 4 saturated carbocycles. The van der Waals surface area contributed by atoms with Gasteiger partial charge in [0.25, 0.3) is 5.91 Å². The molecule has 32 heavy (non-hydrogen) atoms. The Morgan fingerprint density at radius 1 is 1.16 bits per heavy atom. The number of hydrogen-bond donors (Lipinski definition) is 2. The summed E-state index contributed by atoms with van der Waals surface area (Å²) in [5, 5.41) is 13.3. The number of nitrogens with zero attached hydrogens (tertiary/aromatic N) is 3. The van der Waals surface area contributed by atoms with Crippen molar-refractivity contribution in [2.45, 2.75) is 51.5 Å². The minimum atomic E-state index is -0.277. The summed E-state index contributed by atoms with van der Waals surface area (Å²) in [6.45, 7) is 0.836. The van der Waals surface area contributed by atoms with Crippen LogP contribution in [0.1, 0.15) is 55.4 Å². The fourth-order valence-corrected chi connectivity index (χ4v) is 7.63. The summed E-state index contributed by atoms with van der Waals surface area (Å²) in [6.07, 6.45) is 11.5. The number of nitrogens with one attached hydrogen (secondary N) is 1. The maximum Gasteiger partial charge on any atom is 0.277 e. The molecule has 1 amide bonds. The molecule has 3 aromatic rings. The molecule has 6 nitrogen and oxygen atoms in total. The van der Waals surface area contributed by atoms with Gasteiger partial charge in [-0.05, 0) is 97.3 Å². The standard InChI is InChI=1S/C25H29N5OS/c26-20-4-3-19(23-2-1-7-32-23)11-21(20)27-24(31)22-15-30(29-28-22)6-5-25-12-16-8-17(13-25)10-18(9-16)14-25/h1-4,7,11,15-18H,5-6,8-10,12-14,26H2,(H,27,31). The van der Waals surface area contributed by atoms with E-state index in [4.69, 9.17) is 5.73 Å². The van der Waals surface area contributed by atoms with Gasteiger partial charge in [-0.1, -0.05) is 17.3 Å². The van der Waals surface area contributed by atoms with Crippen LogP contribution in [0.2, 0.25) is 0 Å². The second-order valence-electron chi connectivity index (χ2n) is 10.3. The van der Waals surface area contributed by atoms with Crippen LogP contribution in [0.5, 0.6) is 0 Å².